The van der Waals surface area contributed by atoms with Crippen LogP contribution < -0.4 is 11.2 Å². The van der Waals surface area contributed by atoms with Crippen LogP contribution in [0.5, 0.6) is 0 Å². The number of fused-ring (bicyclic) bond motifs is 1. The molecule has 2 rings (SSSR count). The molecule has 20 heavy (non-hydrogen) atoms. The third-order valence-corrected chi connectivity index (χ3v) is 2.93. The average Bonchev–Trinajstić information content (AvgIpc) is 3.00. The first-order valence-electron chi connectivity index (χ1n) is 9.94. The van der Waals surface area contributed by atoms with Crippen LogP contribution in [0.3, 0.4) is 0 Å². The molecule has 110 valence electrons. The van der Waals surface area contributed by atoms with Gasteiger partial charge in [-0.1, -0.05) is 0 Å². The number of aliphatic hydroxyl groups excluding tert-OH is 1. The summed E-state index contributed by atoms with van der Waals surface area (Å²) in [6, 6.07) is 0. The molecule has 0 aliphatic rings. The van der Waals surface area contributed by atoms with Gasteiger partial charge in [-0.05, 0) is 26.1 Å². The normalized spacial score (nSPS) is 20.9. The molecule has 0 unspecified atom stereocenters. The molecule has 0 aliphatic heterocycles. The van der Waals surface area contributed by atoms with Crippen LogP contribution in [0.2, 0.25) is 0 Å². The predicted molar refractivity (Wildman–Crippen MR) is 75.7 cm³/mol. The first-order valence-corrected chi connectivity index (χ1v) is 5.94. The molecule has 2 aromatic heterocycles. The highest BCUT2D eigenvalue weighted by atomic mass is 16.3. The van der Waals surface area contributed by atoms with Gasteiger partial charge in [-0.15, -0.1) is 0 Å². The van der Waals surface area contributed by atoms with E-state index in [4.69, 9.17) is 11.0 Å². The summed E-state index contributed by atoms with van der Waals surface area (Å²) in [5, 5.41) is 9.66. The minimum absolute atomic E-state index is 0.101. The Labute approximate surface area is 127 Å². The zero-order valence-corrected chi connectivity index (χ0v) is 10.8. The van der Waals surface area contributed by atoms with E-state index in [0.717, 1.165) is 15.5 Å². The van der Waals surface area contributed by atoms with Gasteiger partial charge in [0.05, 0.1) is 12.4 Å². The van der Waals surface area contributed by atoms with Crippen molar-refractivity contribution < 1.29 is 16.1 Å². The number of nitrogens with zero attached hydrogens (tertiary/aromatic N) is 4. The summed E-state index contributed by atoms with van der Waals surface area (Å²) in [5.74, 6) is 0. The minimum Gasteiger partial charge on any atom is -0.393 e. The molecule has 7 nitrogen and oxygen atoms in total. The Kier molecular flexibility index (Phi) is 2.03. The molecular weight excluding hydrogens is 260 g/mol. The van der Waals surface area contributed by atoms with Crippen molar-refractivity contribution in [3.8, 4) is 0 Å². The topological polar surface area (TPSA) is 82.1 Å². The molecule has 2 heterocycles. The molecular formula is C13H20N4O3. The van der Waals surface area contributed by atoms with Crippen LogP contribution in [0.25, 0.3) is 11.2 Å². The lowest BCUT2D eigenvalue weighted by Crippen LogP contribution is -2.39. The molecule has 7 heteroatoms. The first-order chi connectivity index (χ1) is 12.6. The Balaban J connectivity index is 2.39. The van der Waals surface area contributed by atoms with Crippen molar-refractivity contribution in [1.82, 2.24) is 18.7 Å². The summed E-state index contributed by atoms with van der Waals surface area (Å²) in [5.41, 5.74) is -2.07. The van der Waals surface area contributed by atoms with E-state index in [1.165, 1.54) is 7.05 Å². The van der Waals surface area contributed by atoms with Gasteiger partial charge in [-0.3, -0.25) is 13.9 Å². The van der Waals surface area contributed by atoms with Crippen LogP contribution in [0, 0.1) is 0 Å². The maximum absolute atomic E-state index is 12.7. The molecule has 0 fully saturated rings. The average molecular weight is 288 g/mol. The van der Waals surface area contributed by atoms with E-state index >= 15 is 0 Å². The summed E-state index contributed by atoms with van der Waals surface area (Å²) in [6.45, 7) is -5.90. The zero-order valence-electron chi connectivity index (χ0n) is 18.8. The molecule has 1 atom stereocenters. The van der Waals surface area contributed by atoms with Gasteiger partial charge in [-0.2, -0.15) is 0 Å². The smallest absolute Gasteiger partial charge is 0.332 e. The van der Waals surface area contributed by atoms with Gasteiger partial charge < -0.3 is 9.67 Å². The van der Waals surface area contributed by atoms with E-state index in [-0.39, 0.29) is 24.1 Å². The molecule has 0 aliphatic carbocycles. The predicted octanol–water partition coefficient (Wildman–Crippen LogP) is -0.0152. The van der Waals surface area contributed by atoms with E-state index in [0.29, 0.717) is 4.57 Å². The lowest BCUT2D eigenvalue weighted by Gasteiger charge is -2.09. The SMILES string of the molecule is [2H]C([2H])([2H])[C@H](O)C([2H])([2H])CCCn1c(=O)c2c(ncn2C([2H])([2H])[2H])n(C)c1=O. The van der Waals surface area contributed by atoms with Crippen molar-refractivity contribution in [2.75, 3.05) is 0 Å². The van der Waals surface area contributed by atoms with Crippen molar-refractivity contribution in [2.24, 2.45) is 14.0 Å². The molecule has 0 spiro atoms. The highest BCUT2D eigenvalue weighted by Gasteiger charge is 2.14. The van der Waals surface area contributed by atoms with Gasteiger partial charge in [0.25, 0.3) is 5.56 Å². The van der Waals surface area contributed by atoms with E-state index in [9.17, 15) is 14.7 Å². The summed E-state index contributed by atoms with van der Waals surface area (Å²) in [6.07, 6.45) is -4.32. The van der Waals surface area contributed by atoms with E-state index < -0.39 is 44.0 Å². The Morgan fingerprint density at radius 2 is 2.30 bits per heavy atom. The third kappa shape index (κ3) is 2.53. The van der Waals surface area contributed by atoms with E-state index in [1.54, 1.807) is 0 Å². The number of aryl methyl sites for hydroxylation is 2. The second-order valence-corrected chi connectivity index (χ2v) is 4.30. The number of rotatable bonds is 5. The fourth-order valence-corrected chi connectivity index (χ4v) is 1.94. The highest BCUT2D eigenvalue weighted by molar-refractivity contribution is 5.69. The highest BCUT2D eigenvalue weighted by Crippen LogP contribution is 2.04. The van der Waals surface area contributed by atoms with Crippen LogP contribution >= 0.6 is 0 Å². The molecule has 1 N–H and O–H groups in total. The zero-order chi connectivity index (χ0) is 21.7. The van der Waals surface area contributed by atoms with Crippen molar-refractivity contribution >= 4 is 11.2 Å². The van der Waals surface area contributed by atoms with E-state index in [1.807, 2.05) is 0 Å². The molecule has 0 amide bonds. The van der Waals surface area contributed by atoms with Gasteiger partial charge >= 0.3 is 5.69 Å². The Bertz CT molecular complexity index is 985. The van der Waals surface area contributed by atoms with E-state index in [2.05, 4.69) is 4.98 Å². The van der Waals surface area contributed by atoms with Gasteiger partial charge in [0.2, 0.25) is 0 Å². The van der Waals surface area contributed by atoms with Gasteiger partial charge in [-0.25, -0.2) is 9.78 Å². The maximum Gasteiger partial charge on any atom is 0.332 e. The molecule has 0 saturated heterocycles. The maximum atomic E-state index is 12.7. The third-order valence-electron chi connectivity index (χ3n) is 2.93. The lowest BCUT2D eigenvalue weighted by molar-refractivity contribution is 0.180. The lowest BCUT2D eigenvalue weighted by atomic mass is 10.2. The quantitative estimate of drug-likeness (QED) is 0.838. The molecule has 0 bridgehead atoms. The summed E-state index contributed by atoms with van der Waals surface area (Å²) < 4.78 is 61.7. The molecule has 0 saturated carbocycles. The first kappa shape index (κ1) is 7.21. The van der Waals surface area contributed by atoms with Crippen LogP contribution in [-0.4, -0.2) is 29.9 Å². The monoisotopic (exact) mass is 288 g/mol. The van der Waals surface area contributed by atoms with Crippen LogP contribution in [0.4, 0.5) is 0 Å². The standard InChI is InChI=1S/C13H20N4O3/c1-9(18)6-4-5-7-17-12(19)10-11(14-8-15(10)2)16(3)13(17)20/h8-9,18H,4-7H2,1-3H3/t9-/m0/s1/i1D3,2D3,6D2. The number of aliphatic hydroxyl groups is 1. The molecule has 0 aromatic carbocycles. The van der Waals surface area contributed by atoms with Gasteiger partial charge in [0, 0.05) is 31.5 Å². The Morgan fingerprint density at radius 1 is 1.50 bits per heavy atom. The number of hydrogen-bond donors (Lipinski definition) is 1. The molecule has 0 radical (unpaired) electrons. The Hall–Kier alpha value is -1.89. The van der Waals surface area contributed by atoms with Crippen molar-refractivity contribution in [3.63, 3.8) is 0 Å². The number of hydrogen-bond acceptors (Lipinski definition) is 4. The number of imidazole rings is 1. The summed E-state index contributed by atoms with van der Waals surface area (Å²) in [7, 11) is 1.31. The van der Waals surface area contributed by atoms with Crippen molar-refractivity contribution in [3.05, 3.63) is 27.2 Å². The fraction of sp³-hybridized carbons (Fsp3) is 0.615. The second kappa shape index (κ2) is 5.62. The largest absolute Gasteiger partial charge is 0.393 e. The summed E-state index contributed by atoms with van der Waals surface area (Å²) in [4.78, 5) is 28.9. The van der Waals surface area contributed by atoms with Crippen LogP contribution in [0.1, 0.15) is 37.0 Å². The fourth-order valence-electron chi connectivity index (χ4n) is 1.94. The second-order valence-electron chi connectivity index (χ2n) is 4.30. The Morgan fingerprint density at radius 3 is 3.00 bits per heavy atom. The van der Waals surface area contributed by atoms with Crippen molar-refractivity contribution in [2.45, 2.75) is 38.7 Å². The molecule has 2 aromatic rings. The van der Waals surface area contributed by atoms with Crippen LogP contribution in [-0.2, 0) is 20.6 Å². The number of aromatic nitrogens is 4. The van der Waals surface area contributed by atoms with Gasteiger partial charge in [0.15, 0.2) is 11.2 Å². The van der Waals surface area contributed by atoms with Crippen molar-refractivity contribution in [1.29, 1.82) is 0 Å². The van der Waals surface area contributed by atoms with Crippen LogP contribution in [0.15, 0.2) is 15.9 Å². The summed E-state index contributed by atoms with van der Waals surface area (Å²) >= 11 is 0. The van der Waals surface area contributed by atoms with Gasteiger partial charge in [0.1, 0.15) is 0 Å². The minimum atomic E-state index is -2.92.